The van der Waals surface area contributed by atoms with Gasteiger partial charge in [-0.1, -0.05) is 26.7 Å². The van der Waals surface area contributed by atoms with Crippen molar-refractivity contribution in [3.63, 3.8) is 0 Å². The summed E-state index contributed by atoms with van der Waals surface area (Å²) in [6, 6.07) is 0.601. The van der Waals surface area contributed by atoms with Gasteiger partial charge in [0.15, 0.2) is 0 Å². The number of rotatable bonds is 6. The Balaban J connectivity index is 1.72. The zero-order chi connectivity index (χ0) is 16.7. The molecular weight excluding hydrogens is 310 g/mol. The summed E-state index contributed by atoms with van der Waals surface area (Å²) >= 11 is 0. The van der Waals surface area contributed by atoms with Crippen LogP contribution in [0.2, 0.25) is 0 Å². The number of piperidine rings is 1. The van der Waals surface area contributed by atoms with Gasteiger partial charge in [-0.15, -0.1) is 0 Å². The zero-order valence-corrected chi connectivity index (χ0v) is 15.5. The molecule has 0 aromatic rings. The molecule has 5 nitrogen and oxygen atoms in total. The summed E-state index contributed by atoms with van der Waals surface area (Å²) in [6.45, 7) is 7.10. The van der Waals surface area contributed by atoms with Crippen molar-refractivity contribution in [3.8, 4) is 0 Å². The standard InChI is InChI=1S/C17H33N3O2S/c1-3-20-11-6-5-9-15(20)13-18-17(21)19-14-8-7-10-16(12-14)23(22)4-2/h14-16H,3-13H2,1-2H3,(H2,18,19,21). The van der Waals surface area contributed by atoms with Gasteiger partial charge >= 0.3 is 6.03 Å². The lowest BCUT2D eigenvalue weighted by Gasteiger charge is -2.35. The molecule has 2 aliphatic rings. The molecule has 0 radical (unpaired) electrons. The minimum Gasteiger partial charge on any atom is -0.337 e. The Kier molecular flexibility index (Phi) is 7.83. The van der Waals surface area contributed by atoms with Crippen LogP contribution in [0.25, 0.3) is 0 Å². The van der Waals surface area contributed by atoms with Crippen molar-refractivity contribution < 1.29 is 9.00 Å². The Morgan fingerprint density at radius 2 is 2.00 bits per heavy atom. The van der Waals surface area contributed by atoms with Gasteiger partial charge in [-0.2, -0.15) is 0 Å². The maximum atomic E-state index is 12.2. The Hall–Kier alpha value is -0.620. The predicted octanol–water partition coefficient (Wildman–Crippen LogP) is 2.24. The number of amides is 2. The number of nitrogens with one attached hydrogen (secondary N) is 2. The molecule has 1 aliphatic heterocycles. The van der Waals surface area contributed by atoms with Gasteiger partial charge in [-0.3, -0.25) is 9.11 Å². The lowest BCUT2D eigenvalue weighted by Crippen LogP contribution is -2.51. The quantitative estimate of drug-likeness (QED) is 0.777. The van der Waals surface area contributed by atoms with Gasteiger partial charge in [0.25, 0.3) is 0 Å². The van der Waals surface area contributed by atoms with Crippen molar-refractivity contribution in [1.29, 1.82) is 0 Å². The van der Waals surface area contributed by atoms with E-state index < -0.39 is 10.8 Å². The van der Waals surface area contributed by atoms with E-state index in [9.17, 15) is 9.00 Å². The van der Waals surface area contributed by atoms with Crippen LogP contribution < -0.4 is 10.6 Å². The average Bonchev–Trinajstić information content (AvgIpc) is 2.59. The van der Waals surface area contributed by atoms with Crippen LogP contribution >= 0.6 is 0 Å². The number of nitrogens with zero attached hydrogens (tertiary/aromatic N) is 1. The molecule has 1 aliphatic carbocycles. The number of hydrogen-bond acceptors (Lipinski definition) is 3. The Morgan fingerprint density at radius 1 is 1.17 bits per heavy atom. The highest BCUT2D eigenvalue weighted by molar-refractivity contribution is 7.85. The fraction of sp³-hybridized carbons (Fsp3) is 0.941. The minimum atomic E-state index is -0.741. The van der Waals surface area contributed by atoms with Crippen LogP contribution in [-0.4, -0.2) is 57.9 Å². The van der Waals surface area contributed by atoms with Crippen molar-refractivity contribution in [2.75, 3.05) is 25.4 Å². The number of carbonyl (C=O) groups excluding carboxylic acids is 1. The van der Waals surface area contributed by atoms with Crippen LogP contribution in [0.15, 0.2) is 0 Å². The fourth-order valence-electron chi connectivity index (χ4n) is 3.90. The first-order chi connectivity index (χ1) is 11.1. The van der Waals surface area contributed by atoms with Gasteiger partial charge in [0.05, 0.1) is 0 Å². The van der Waals surface area contributed by atoms with E-state index >= 15 is 0 Å². The average molecular weight is 344 g/mol. The second-order valence-corrected chi connectivity index (χ2v) is 8.79. The summed E-state index contributed by atoms with van der Waals surface area (Å²) in [5.74, 6) is 0.720. The molecule has 2 N–H and O–H groups in total. The highest BCUT2D eigenvalue weighted by atomic mass is 32.2. The van der Waals surface area contributed by atoms with E-state index in [1.807, 2.05) is 6.92 Å². The summed E-state index contributed by atoms with van der Waals surface area (Å²) in [7, 11) is -0.741. The molecule has 0 aromatic carbocycles. The molecule has 2 rings (SSSR count). The molecule has 23 heavy (non-hydrogen) atoms. The van der Waals surface area contributed by atoms with E-state index in [0.717, 1.165) is 51.1 Å². The molecule has 2 fully saturated rings. The van der Waals surface area contributed by atoms with Crippen LogP contribution in [0.5, 0.6) is 0 Å². The topological polar surface area (TPSA) is 61.4 Å². The van der Waals surface area contributed by atoms with Crippen molar-refractivity contribution in [3.05, 3.63) is 0 Å². The third kappa shape index (κ3) is 5.75. The van der Waals surface area contributed by atoms with E-state index in [2.05, 4.69) is 22.5 Å². The zero-order valence-electron chi connectivity index (χ0n) is 14.7. The molecule has 2 amide bonds. The number of likely N-dealkylation sites (tertiary alicyclic amines) is 1. The fourth-order valence-corrected chi connectivity index (χ4v) is 5.25. The lowest BCUT2D eigenvalue weighted by molar-refractivity contribution is 0.153. The van der Waals surface area contributed by atoms with Crippen LogP contribution in [-0.2, 0) is 10.8 Å². The van der Waals surface area contributed by atoms with Crippen molar-refractivity contribution in [2.45, 2.75) is 76.1 Å². The lowest BCUT2D eigenvalue weighted by atomic mass is 9.95. The highest BCUT2D eigenvalue weighted by Crippen LogP contribution is 2.23. The highest BCUT2D eigenvalue weighted by Gasteiger charge is 2.27. The van der Waals surface area contributed by atoms with E-state index in [-0.39, 0.29) is 17.3 Å². The number of likely N-dealkylation sites (N-methyl/N-ethyl adjacent to an activating group) is 1. The van der Waals surface area contributed by atoms with Gasteiger partial charge in [-0.25, -0.2) is 4.79 Å². The summed E-state index contributed by atoms with van der Waals surface area (Å²) in [4.78, 5) is 14.6. The third-order valence-electron chi connectivity index (χ3n) is 5.27. The van der Waals surface area contributed by atoms with Crippen LogP contribution in [0.3, 0.4) is 0 Å². The molecule has 134 valence electrons. The summed E-state index contributed by atoms with van der Waals surface area (Å²) < 4.78 is 12.0. The molecular formula is C17H33N3O2S. The molecule has 1 heterocycles. The minimum absolute atomic E-state index is 0.0560. The molecule has 6 heteroatoms. The molecule has 1 saturated carbocycles. The monoisotopic (exact) mass is 343 g/mol. The Labute approximate surface area is 143 Å². The van der Waals surface area contributed by atoms with Crippen molar-refractivity contribution in [2.24, 2.45) is 0 Å². The number of hydrogen-bond donors (Lipinski definition) is 2. The summed E-state index contributed by atoms with van der Waals surface area (Å²) in [5, 5.41) is 6.41. The second-order valence-electron chi connectivity index (χ2n) is 6.79. The van der Waals surface area contributed by atoms with E-state index in [0.29, 0.717) is 6.04 Å². The number of urea groups is 1. The van der Waals surface area contributed by atoms with Crippen LogP contribution in [0.1, 0.15) is 58.8 Å². The van der Waals surface area contributed by atoms with Crippen molar-refractivity contribution in [1.82, 2.24) is 15.5 Å². The maximum Gasteiger partial charge on any atom is 0.315 e. The van der Waals surface area contributed by atoms with E-state index in [1.165, 1.54) is 19.3 Å². The first-order valence-corrected chi connectivity index (χ1v) is 10.7. The van der Waals surface area contributed by atoms with Crippen molar-refractivity contribution >= 4 is 16.8 Å². The Morgan fingerprint density at radius 3 is 2.74 bits per heavy atom. The second kappa shape index (κ2) is 9.62. The first kappa shape index (κ1) is 18.7. The van der Waals surface area contributed by atoms with Gasteiger partial charge < -0.3 is 10.6 Å². The summed E-state index contributed by atoms with van der Waals surface area (Å²) in [5.41, 5.74) is 0. The molecule has 1 saturated heterocycles. The number of carbonyl (C=O) groups is 1. The SMILES string of the molecule is CCN1CCCCC1CNC(=O)NC1CCCC(S(=O)CC)C1. The van der Waals surface area contributed by atoms with E-state index in [4.69, 9.17) is 0 Å². The predicted molar refractivity (Wildman–Crippen MR) is 96.1 cm³/mol. The first-order valence-electron chi connectivity index (χ1n) is 9.29. The normalized spacial score (nSPS) is 30.6. The molecule has 0 aromatic heterocycles. The van der Waals surface area contributed by atoms with E-state index in [1.54, 1.807) is 0 Å². The van der Waals surface area contributed by atoms with Gasteiger partial charge in [0.1, 0.15) is 0 Å². The van der Waals surface area contributed by atoms with Crippen LogP contribution in [0.4, 0.5) is 4.79 Å². The summed E-state index contributed by atoms with van der Waals surface area (Å²) in [6.07, 6.45) is 7.68. The molecule has 4 unspecified atom stereocenters. The Bertz CT molecular complexity index is 405. The van der Waals surface area contributed by atoms with Gasteiger partial charge in [-0.05, 0) is 45.2 Å². The van der Waals surface area contributed by atoms with Gasteiger partial charge in [0, 0.05) is 40.4 Å². The smallest absolute Gasteiger partial charge is 0.315 e. The molecule has 4 atom stereocenters. The van der Waals surface area contributed by atoms with Crippen LogP contribution in [0, 0.1) is 0 Å². The maximum absolute atomic E-state index is 12.2. The van der Waals surface area contributed by atoms with Gasteiger partial charge in [0.2, 0.25) is 0 Å². The molecule has 0 bridgehead atoms. The third-order valence-corrected chi connectivity index (χ3v) is 7.01. The molecule has 0 spiro atoms. The largest absolute Gasteiger partial charge is 0.337 e.